The standard InChI is InChI=1S/C8H15NO3/c9-7(5-10)8(11)12-4-3-6-1-2-6/h6-7,10H,1-5,9H2/t7-/m0/s1. The summed E-state index contributed by atoms with van der Waals surface area (Å²) in [7, 11) is 0. The minimum atomic E-state index is -0.871. The molecule has 0 saturated heterocycles. The molecule has 3 N–H and O–H groups in total. The molecule has 1 fully saturated rings. The second kappa shape index (κ2) is 4.42. The van der Waals surface area contributed by atoms with Crippen LogP contribution in [0.15, 0.2) is 0 Å². The molecule has 0 spiro atoms. The van der Waals surface area contributed by atoms with E-state index in [1.54, 1.807) is 0 Å². The Morgan fingerprint density at radius 2 is 2.33 bits per heavy atom. The van der Waals surface area contributed by atoms with E-state index in [-0.39, 0.29) is 6.61 Å². The fourth-order valence-corrected chi connectivity index (χ4v) is 0.914. The van der Waals surface area contributed by atoms with Crippen LogP contribution in [0.25, 0.3) is 0 Å². The van der Waals surface area contributed by atoms with Gasteiger partial charge < -0.3 is 15.6 Å². The third kappa shape index (κ3) is 3.19. The van der Waals surface area contributed by atoms with Crippen LogP contribution in [0.2, 0.25) is 0 Å². The van der Waals surface area contributed by atoms with Crippen molar-refractivity contribution in [2.45, 2.75) is 25.3 Å². The van der Waals surface area contributed by atoms with Crippen molar-refractivity contribution in [1.29, 1.82) is 0 Å². The maximum absolute atomic E-state index is 10.9. The molecule has 70 valence electrons. The average Bonchev–Trinajstić information content (AvgIpc) is 2.86. The van der Waals surface area contributed by atoms with E-state index in [4.69, 9.17) is 15.6 Å². The second-order valence-corrected chi connectivity index (χ2v) is 3.19. The predicted molar refractivity (Wildman–Crippen MR) is 43.4 cm³/mol. The molecule has 1 atom stereocenters. The number of carbonyl (C=O) groups is 1. The van der Waals surface area contributed by atoms with Gasteiger partial charge in [-0.1, -0.05) is 12.8 Å². The van der Waals surface area contributed by atoms with E-state index in [1.165, 1.54) is 12.8 Å². The number of hydrogen-bond acceptors (Lipinski definition) is 4. The third-order valence-corrected chi connectivity index (χ3v) is 1.97. The van der Waals surface area contributed by atoms with E-state index in [0.29, 0.717) is 6.61 Å². The lowest BCUT2D eigenvalue weighted by Gasteiger charge is -2.07. The van der Waals surface area contributed by atoms with Crippen molar-refractivity contribution in [2.24, 2.45) is 11.7 Å². The highest BCUT2D eigenvalue weighted by Gasteiger charge is 2.22. The lowest BCUT2D eigenvalue weighted by atomic mass is 10.3. The van der Waals surface area contributed by atoms with Crippen molar-refractivity contribution < 1.29 is 14.6 Å². The van der Waals surface area contributed by atoms with Gasteiger partial charge in [-0.15, -0.1) is 0 Å². The number of nitrogens with two attached hydrogens (primary N) is 1. The lowest BCUT2D eigenvalue weighted by molar-refractivity contribution is -0.146. The molecular weight excluding hydrogens is 158 g/mol. The fourth-order valence-electron chi connectivity index (χ4n) is 0.914. The minimum absolute atomic E-state index is 0.345. The molecule has 0 aromatic heterocycles. The van der Waals surface area contributed by atoms with Gasteiger partial charge in [0.1, 0.15) is 6.04 Å². The van der Waals surface area contributed by atoms with Crippen LogP contribution in [0.5, 0.6) is 0 Å². The Bertz CT molecular complexity index is 156. The van der Waals surface area contributed by atoms with Gasteiger partial charge in [0.15, 0.2) is 0 Å². The van der Waals surface area contributed by atoms with Gasteiger partial charge in [-0.3, -0.25) is 4.79 Å². The van der Waals surface area contributed by atoms with Gasteiger partial charge in [0.05, 0.1) is 13.2 Å². The fraction of sp³-hybridized carbons (Fsp3) is 0.875. The third-order valence-electron chi connectivity index (χ3n) is 1.97. The van der Waals surface area contributed by atoms with Gasteiger partial charge in [-0.25, -0.2) is 0 Å². The van der Waals surface area contributed by atoms with Crippen molar-refractivity contribution >= 4 is 5.97 Å². The molecule has 0 aromatic carbocycles. The molecule has 0 aromatic rings. The minimum Gasteiger partial charge on any atom is -0.464 e. The first-order valence-electron chi connectivity index (χ1n) is 4.27. The van der Waals surface area contributed by atoms with Gasteiger partial charge in [-0.05, 0) is 12.3 Å². The first-order valence-corrected chi connectivity index (χ1v) is 4.27. The number of esters is 1. The van der Waals surface area contributed by atoms with Crippen molar-refractivity contribution in [1.82, 2.24) is 0 Å². The summed E-state index contributed by atoms with van der Waals surface area (Å²) in [6, 6.07) is -0.871. The van der Waals surface area contributed by atoms with E-state index in [2.05, 4.69) is 0 Å². The van der Waals surface area contributed by atoms with Crippen LogP contribution >= 0.6 is 0 Å². The number of hydrogen-bond donors (Lipinski definition) is 2. The van der Waals surface area contributed by atoms with Crippen LogP contribution in [-0.2, 0) is 9.53 Å². The average molecular weight is 173 g/mol. The lowest BCUT2D eigenvalue weighted by Crippen LogP contribution is -2.35. The molecular formula is C8H15NO3. The highest BCUT2D eigenvalue weighted by molar-refractivity contribution is 5.75. The van der Waals surface area contributed by atoms with Crippen LogP contribution < -0.4 is 5.73 Å². The Labute approximate surface area is 71.7 Å². The summed E-state index contributed by atoms with van der Waals surface area (Å²) in [4.78, 5) is 10.9. The summed E-state index contributed by atoms with van der Waals surface area (Å²) in [6.45, 7) is 0.0967. The summed E-state index contributed by atoms with van der Waals surface area (Å²) in [5.74, 6) is 0.251. The van der Waals surface area contributed by atoms with Crippen molar-refractivity contribution in [3.63, 3.8) is 0 Å². The molecule has 0 aliphatic heterocycles. The topological polar surface area (TPSA) is 72.5 Å². The summed E-state index contributed by atoms with van der Waals surface area (Å²) < 4.78 is 4.82. The SMILES string of the molecule is N[C@@H](CO)C(=O)OCCC1CC1. The Morgan fingerprint density at radius 3 is 2.83 bits per heavy atom. The zero-order valence-corrected chi connectivity index (χ0v) is 7.03. The number of carbonyl (C=O) groups excluding carboxylic acids is 1. The largest absolute Gasteiger partial charge is 0.464 e. The van der Waals surface area contributed by atoms with Gasteiger partial charge in [0.25, 0.3) is 0 Å². The van der Waals surface area contributed by atoms with Gasteiger partial charge in [-0.2, -0.15) is 0 Å². The van der Waals surface area contributed by atoms with E-state index in [0.717, 1.165) is 12.3 Å². The summed E-state index contributed by atoms with van der Waals surface area (Å²) in [5.41, 5.74) is 5.22. The summed E-state index contributed by atoms with van der Waals surface area (Å²) in [5, 5.41) is 8.50. The maximum atomic E-state index is 10.9. The van der Waals surface area contributed by atoms with Gasteiger partial charge in [0.2, 0.25) is 0 Å². The Hall–Kier alpha value is -0.610. The molecule has 0 bridgehead atoms. The number of rotatable bonds is 5. The molecule has 0 unspecified atom stereocenters. The van der Waals surface area contributed by atoms with Crippen LogP contribution in [-0.4, -0.2) is 30.3 Å². The summed E-state index contributed by atoms with van der Waals surface area (Å²) in [6.07, 6.45) is 3.44. The highest BCUT2D eigenvalue weighted by atomic mass is 16.5. The van der Waals surface area contributed by atoms with Crippen LogP contribution in [0.3, 0.4) is 0 Å². The van der Waals surface area contributed by atoms with Crippen molar-refractivity contribution in [3.05, 3.63) is 0 Å². The Kier molecular flexibility index (Phi) is 3.49. The molecule has 0 heterocycles. The molecule has 1 aliphatic carbocycles. The van der Waals surface area contributed by atoms with Gasteiger partial charge >= 0.3 is 5.97 Å². The zero-order chi connectivity index (χ0) is 8.97. The molecule has 1 rings (SSSR count). The zero-order valence-electron chi connectivity index (χ0n) is 7.03. The predicted octanol–water partition coefficient (Wildman–Crippen LogP) is -0.351. The normalized spacial score (nSPS) is 18.8. The molecule has 12 heavy (non-hydrogen) atoms. The van der Waals surface area contributed by atoms with E-state index in [9.17, 15) is 4.79 Å². The second-order valence-electron chi connectivity index (χ2n) is 3.19. The maximum Gasteiger partial charge on any atom is 0.325 e. The van der Waals surface area contributed by atoms with E-state index < -0.39 is 12.0 Å². The molecule has 4 nitrogen and oxygen atoms in total. The van der Waals surface area contributed by atoms with Crippen LogP contribution in [0, 0.1) is 5.92 Å². The number of ether oxygens (including phenoxy) is 1. The van der Waals surface area contributed by atoms with Crippen molar-refractivity contribution in [2.75, 3.05) is 13.2 Å². The monoisotopic (exact) mass is 173 g/mol. The van der Waals surface area contributed by atoms with Crippen LogP contribution in [0.1, 0.15) is 19.3 Å². The van der Waals surface area contributed by atoms with Gasteiger partial charge in [0, 0.05) is 0 Å². The Balaban J connectivity index is 2.00. The summed E-state index contributed by atoms with van der Waals surface area (Å²) >= 11 is 0. The first kappa shape index (κ1) is 9.48. The first-order chi connectivity index (χ1) is 5.74. The Morgan fingerprint density at radius 1 is 1.67 bits per heavy atom. The van der Waals surface area contributed by atoms with Crippen molar-refractivity contribution in [3.8, 4) is 0 Å². The molecule has 0 amide bonds. The molecule has 1 aliphatic rings. The number of aliphatic hydroxyl groups is 1. The highest BCUT2D eigenvalue weighted by Crippen LogP contribution is 2.32. The van der Waals surface area contributed by atoms with Crippen LogP contribution in [0.4, 0.5) is 0 Å². The molecule has 0 radical (unpaired) electrons. The molecule has 4 heteroatoms. The van der Waals surface area contributed by atoms with E-state index >= 15 is 0 Å². The van der Waals surface area contributed by atoms with E-state index in [1.807, 2.05) is 0 Å². The molecule has 1 saturated carbocycles. The quantitative estimate of drug-likeness (QED) is 0.557. The number of aliphatic hydroxyl groups excluding tert-OH is 1. The smallest absolute Gasteiger partial charge is 0.325 e.